The summed E-state index contributed by atoms with van der Waals surface area (Å²) in [6.45, 7) is 6.62. The van der Waals surface area contributed by atoms with Crippen molar-refractivity contribution in [3.8, 4) is 5.75 Å². The number of ether oxygens (including phenoxy) is 1. The van der Waals surface area contributed by atoms with Crippen LogP contribution in [0.3, 0.4) is 0 Å². The maximum Gasteiger partial charge on any atom is 0.282 e. The SMILES string of the molecule is CCOc1ccccc1C=Nn1c([C@H](C)CC)nc2ccc(Br)cc2c1=O. The van der Waals surface area contributed by atoms with E-state index in [1.165, 1.54) is 4.68 Å². The van der Waals surface area contributed by atoms with Gasteiger partial charge in [0.05, 0.1) is 23.7 Å². The van der Waals surface area contributed by atoms with Crippen LogP contribution in [0.2, 0.25) is 0 Å². The number of fused-ring (bicyclic) bond motifs is 1. The van der Waals surface area contributed by atoms with Gasteiger partial charge in [-0.2, -0.15) is 9.78 Å². The molecular formula is C21H22BrN3O2. The molecule has 3 rings (SSSR count). The minimum atomic E-state index is -0.179. The van der Waals surface area contributed by atoms with Crippen LogP contribution in [0.1, 0.15) is 44.5 Å². The number of benzene rings is 2. The zero-order chi connectivity index (χ0) is 19.4. The molecule has 3 aromatic rings. The second kappa shape index (κ2) is 8.48. The van der Waals surface area contributed by atoms with E-state index in [4.69, 9.17) is 9.72 Å². The monoisotopic (exact) mass is 427 g/mol. The Hall–Kier alpha value is -2.47. The molecule has 140 valence electrons. The summed E-state index contributed by atoms with van der Waals surface area (Å²) in [5.74, 6) is 1.49. The smallest absolute Gasteiger partial charge is 0.282 e. The number of rotatable bonds is 6. The van der Waals surface area contributed by atoms with Crippen LogP contribution >= 0.6 is 15.9 Å². The van der Waals surface area contributed by atoms with Crippen LogP contribution in [0.15, 0.2) is 56.8 Å². The molecule has 1 heterocycles. The van der Waals surface area contributed by atoms with Crippen molar-refractivity contribution < 1.29 is 4.74 Å². The first-order chi connectivity index (χ1) is 13.0. The van der Waals surface area contributed by atoms with Gasteiger partial charge in [0.1, 0.15) is 11.6 Å². The third-order valence-corrected chi connectivity index (χ3v) is 4.91. The third kappa shape index (κ3) is 4.11. The Bertz CT molecular complexity index is 1040. The molecule has 1 atom stereocenters. The fourth-order valence-corrected chi connectivity index (χ4v) is 3.13. The third-order valence-electron chi connectivity index (χ3n) is 4.42. The van der Waals surface area contributed by atoms with Crippen molar-refractivity contribution in [3.63, 3.8) is 0 Å². The van der Waals surface area contributed by atoms with Gasteiger partial charge in [0, 0.05) is 16.0 Å². The van der Waals surface area contributed by atoms with E-state index in [0.717, 1.165) is 22.2 Å². The Morgan fingerprint density at radius 3 is 2.78 bits per heavy atom. The van der Waals surface area contributed by atoms with Crippen LogP contribution < -0.4 is 10.3 Å². The zero-order valence-corrected chi connectivity index (χ0v) is 17.2. The van der Waals surface area contributed by atoms with Crippen LogP contribution in [-0.4, -0.2) is 22.5 Å². The van der Waals surface area contributed by atoms with E-state index in [2.05, 4.69) is 28.0 Å². The highest BCUT2D eigenvalue weighted by Crippen LogP contribution is 2.21. The topological polar surface area (TPSA) is 56.5 Å². The van der Waals surface area contributed by atoms with E-state index in [9.17, 15) is 4.79 Å². The van der Waals surface area contributed by atoms with Crippen LogP contribution in [0.5, 0.6) is 5.75 Å². The number of para-hydroxylation sites is 1. The number of aromatic nitrogens is 2. The first-order valence-electron chi connectivity index (χ1n) is 9.03. The summed E-state index contributed by atoms with van der Waals surface area (Å²) < 4.78 is 7.88. The van der Waals surface area contributed by atoms with Gasteiger partial charge in [0.15, 0.2) is 0 Å². The molecule has 5 nitrogen and oxygen atoms in total. The Morgan fingerprint density at radius 2 is 2.04 bits per heavy atom. The summed E-state index contributed by atoms with van der Waals surface area (Å²) in [4.78, 5) is 17.8. The average molecular weight is 428 g/mol. The van der Waals surface area contributed by atoms with E-state index >= 15 is 0 Å². The molecule has 0 N–H and O–H groups in total. The fraction of sp³-hybridized carbons (Fsp3) is 0.286. The van der Waals surface area contributed by atoms with E-state index in [0.29, 0.717) is 23.3 Å². The van der Waals surface area contributed by atoms with E-state index in [-0.39, 0.29) is 11.5 Å². The first kappa shape index (κ1) is 19.3. The molecule has 0 radical (unpaired) electrons. The van der Waals surface area contributed by atoms with Crippen molar-refractivity contribution in [1.29, 1.82) is 0 Å². The second-order valence-electron chi connectivity index (χ2n) is 6.27. The summed E-state index contributed by atoms with van der Waals surface area (Å²) in [5, 5.41) is 5.02. The summed E-state index contributed by atoms with van der Waals surface area (Å²) in [7, 11) is 0. The maximum absolute atomic E-state index is 13.1. The lowest BCUT2D eigenvalue weighted by molar-refractivity contribution is 0.340. The highest BCUT2D eigenvalue weighted by atomic mass is 79.9. The Morgan fingerprint density at radius 1 is 1.26 bits per heavy atom. The molecule has 0 fully saturated rings. The maximum atomic E-state index is 13.1. The van der Waals surface area contributed by atoms with Crippen LogP contribution in [0.25, 0.3) is 10.9 Å². The molecule has 0 bridgehead atoms. The van der Waals surface area contributed by atoms with Gasteiger partial charge < -0.3 is 4.74 Å². The van der Waals surface area contributed by atoms with Gasteiger partial charge in [0.2, 0.25) is 0 Å². The van der Waals surface area contributed by atoms with E-state index in [1.54, 1.807) is 12.3 Å². The van der Waals surface area contributed by atoms with Gasteiger partial charge in [-0.25, -0.2) is 4.98 Å². The van der Waals surface area contributed by atoms with Gasteiger partial charge in [-0.1, -0.05) is 41.9 Å². The molecule has 6 heteroatoms. The number of hydrogen-bond acceptors (Lipinski definition) is 4. The van der Waals surface area contributed by atoms with Crippen molar-refractivity contribution in [1.82, 2.24) is 9.66 Å². The molecule has 2 aromatic carbocycles. The molecule has 0 aliphatic heterocycles. The molecule has 0 unspecified atom stereocenters. The van der Waals surface area contributed by atoms with Crippen LogP contribution in [-0.2, 0) is 0 Å². The van der Waals surface area contributed by atoms with Crippen molar-refractivity contribution in [2.24, 2.45) is 5.10 Å². The molecule has 0 aliphatic carbocycles. The zero-order valence-electron chi connectivity index (χ0n) is 15.6. The molecule has 0 saturated heterocycles. The van der Waals surface area contributed by atoms with Gasteiger partial charge in [-0.05, 0) is 43.7 Å². The predicted molar refractivity (Wildman–Crippen MR) is 113 cm³/mol. The summed E-state index contributed by atoms with van der Waals surface area (Å²) in [5.41, 5.74) is 1.32. The molecule has 0 spiro atoms. The highest BCUT2D eigenvalue weighted by Gasteiger charge is 2.15. The van der Waals surface area contributed by atoms with E-state index < -0.39 is 0 Å². The Balaban J connectivity index is 2.17. The molecule has 0 saturated carbocycles. The molecule has 1 aromatic heterocycles. The lowest BCUT2D eigenvalue weighted by atomic mass is 10.1. The molecule has 27 heavy (non-hydrogen) atoms. The number of nitrogens with zero attached hydrogens (tertiary/aromatic N) is 3. The van der Waals surface area contributed by atoms with Crippen LogP contribution in [0.4, 0.5) is 0 Å². The van der Waals surface area contributed by atoms with Crippen molar-refractivity contribution in [2.75, 3.05) is 6.61 Å². The summed E-state index contributed by atoms with van der Waals surface area (Å²) in [6, 6.07) is 13.1. The number of halogens is 1. The van der Waals surface area contributed by atoms with Crippen LogP contribution in [0, 0.1) is 0 Å². The normalized spacial score (nSPS) is 12.6. The van der Waals surface area contributed by atoms with Gasteiger partial charge in [-0.3, -0.25) is 4.79 Å². The second-order valence-corrected chi connectivity index (χ2v) is 7.19. The summed E-state index contributed by atoms with van der Waals surface area (Å²) >= 11 is 3.42. The van der Waals surface area contributed by atoms with Crippen molar-refractivity contribution in [3.05, 3.63) is 68.7 Å². The minimum Gasteiger partial charge on any atom is -0.493 e. The van der Waals surface area contributed by atoms with Crippen molar-refractivity contribution >= 4 is 33.0 Å². The fourth-order valence-electron chi connectivity index (χ4n) is 2.77. The van der Waals surface area contributed by atoms with Crippen molar-refractivity contribution in [2.45, 2.75) is 33.1 Å². The largest absolute Gasteiger partial charge is 0.493 e. The van der Waals surface area contributed by atoms with Gasteiger partial charge in [0.25, 0.3) is 5.56 Å². The standard InChI is InChI=1S/C21H22BrN3O2/c1-4-14(3)20-24-18-11-10-16(22)12-17(18)21(26)25(20)23-13-15-8-6-7-9-19(15)27-5-2/h6-14H,4-5H2,1-3H3/t14-/m1/s1. The predicted octanol–water partition coefficient (Wildman–Crippen LogP) is 4.95. The van der Waals surface area contributed by atoms with Gasteiger partial charge >= 0.3 is 0 Å². The lowest BCUT2D eigenvalue weighted by Crippen LogP contribution is -2.23. The Labute approximate surface area is 166 Å². The molecular weight excluding hydrogens is 406 g/mol. The number of hydrogen-bond donors (Lipinski definition) is 0. The minimum absolute atomic E-state index is 0.102. The average Bonchev–Trinajstić information content (AvgIpc) is 2.68. The van der Waals surface area contributed by atoms with E-state index in [1.807, 2.05) is 50.2 Å². The molecule has 0 amide bonds. The quantitative estimate of drug-likeness (QED) is 0.522. The Kier molecular flexibility index (Phi) is 6.06. The summed E-state index contributed by atoms with van der Waals surface area (Å²) in [6.07, 6.45) is 2.52. The highest BCUT2D eigenvalue weighted by molar-refractivity contribution is 9.10. The first-order valence-corrected chi connectivity index (χ1v) is 9.82. The lowest BCUT2D eigenvalue weighted by Gasteiger charge is -2.14. The molecule has 0 aliphatic rings. The van der Waals surface area contributed by atoms with Gasteiger partial charge in [-0.15, -0.1) is 0 Å².